The van der Waals surface area contributed by atoms with Crippen molar-refractivity contribution in [2.24, 2.45) is 5.73 Å². The fraction of sp³-hybridized carbons (Fsp3) is 0.353. The molecule has 0 saturated heterocycles. The number of rotatable bonds is 6. The quantitative estimate of drug-likeness (QED) is 0.735. The Morgan fingerprint density at radius 1 is 1.36 bits per heavy atom. The lowest BCUT2D eigenvalue weighted by Gasteiger charge is -2.18. The molecule has 0 amide bonds. The molecule has 0 aliphatic rings. The Hall–Kier alpha value is -1.95. The monoisotopic (exact) mass is 382 g/mol. The van der Waals surface area contributed by atoms with Gasteiger partial charge in [0.2, 0.25) is 0 Å². The van der Waals surface area contributed by atoms with Gasteiger partial charge >= 0.3 is 10.2 Å². The molecule has 6 nitrogen and oxygen atoms in total. The Morgan fingerprint density at radius 3 is 2.36 bits per heavy atom. The standard InChI is InChI=1S/C15H20N4O2S2.C2H6/c1-10(15(17)11(2)22-5)13-8-12(9-16)6-7-14(13)18-23(20,21)19(3)4;1-2/h6-8,18H,1,17H2,2-5H3;1-2H3/b15-11-;. The third kappa shape index (κ3) is 6.12. The highest BCUT2D eigenvalue weighted by Gasteiger charge is 2.18. The van der Waals surface area contributed by atoms with E-state index in [1.54, 1.807) is 6.07 Å². The summed E-state index contributed by atoms with van der Waals surface area (Å²) in [6, 6.07) is 6.66. The zero-order chi connectivity index (χ0) is 19.8. The number of hydrogen-bond acceptors (Lipinski definition) is 5. The van der Waals surface area contributed by atoms with Gasteiger partial charge in [-0.2, -0.15) is 18.0 Å². The maximum Gasteiger partial charge on any atom is 0.301 e. The molecule has 0 bridgehead atoms. The normalized spacial score (nSPS) is 11.8. The van der Waals surface area contributed by atoms with Crippen molar-refractivity contribution in [2.75, 3.05) is 25.1 Å². The first-order valence-electron chi connectivity index (χ1n) is 7.58. The highest BCUT2D eigenvalue weighted by Crippen LogP contribution is 2.31. The second kappa shape index (κ2) is 10.1. The molecule has 0 spiro atoms. The van der Waals surface area contributed by atoms with Crippen molar-refractivity contribution in [1.82, 2.24) is 4.31 Å². The third-order valence-corrected chi connectivity index (χ3v) is 5.48. The highest BCUT2D eigenvalue weighted by molar-refractivity contribution is 8.02. The molecule has 0 radical (unpaired) electrons. The summed E-state index contributed by atoms with van der Waals surface area (Å²) in [4.78, 5) is 0.860. The minimum absolute atomic E-state index is 0.319. The van der Waals surface area contributed by atoms with E-state index in [1.807, 2.05) is 33.1 Å². The van der Waals surface area contributed by atoms with Gasteiger partial charge in [0.15, 0.2) is 0 Å². The Morgan fingerprint density at radius 2 is 1.92 bits per heavy atom. The van der Waals surface area contributed by atoms with Gasteiger partial charge in [-0.05, 0) is 31.4 Å². The first-order valence-corrected chi connectivity index (χ1v) is 10.2. The second-order valence-corrected chi connectivity index (χ2v) is 7.82. The van der Waals surface area contributed by atoms with Gasteiger partial charge < -0.3 is 5.73 Å². The molecule has 0 fully saturated rings. The van der Waals surface area contributed by atoms with Crippen molar-refractivity contribution >= 4 is 33.2 Å². The molecule has 0 aliphatic carbocycles. The summed E-state index contributed by atoms with van der Waals surface area (Å²) < 4.78 is 27.7. The van der Waals surface area contributed by atoms with Gasteiger partial charge in [-0.25, -0.2) is 0 Å². The van der Waals surface area contributed by atoms with E-state index >= 15 is 0 Å². The van der Waals surface area contributed by atoms with E-state index in [-0.39, 0.29) is 0 Å². The van der Waals surface area contributed by atoms with Gasteiger partial charge in [-0.3, -0.25) is 4.72 Å². The van der Waals surface area contributed by atoms with Crippen LogP contribution in [0.3, 0.4) is 0 Å². The average Bonchev–Trinajstić information content (AvgIpc) is 2.61. The molecule has 8 heteroatoms. The van der Waals surface area contributed by atoms with Crippen LogP contribution in [0.1, 0.15) is 31.9 Å². The number of nitrogens with two attached hydrogens (primary N) is 1. The van der Waals surface area contributed by atoms with E-state index < -0.39 is 10.2 Å². The molecular weight excluding hydrogens is 356 g/mol. The minimum atomic E-state index is -3.68. The van der Waals surface area contributed by atoms with E-state index in [1.165, 1.54) is 38.0 Å². The number of anilines is 1. The molecule has 0 heterocycles. The summed E-state index contributed by atoms with van der Waals surface area (Å²) in [7, 11) is -0.835. The van der Waals surface area contributed by atoms with Crippen LogP contribution in [0.25, 0.3) is 5.57 Å². The van der Waals surface area contributed by atoms with Gasteiger partial charge in [-0.1, -0.05) is 20.4 Å². The minimum Gasteiger partial charge on any atom is -0.398 e. The van der Waals surface area contributed by atoms with Crippen molar-refractivity contribution < 1.29 is 8.42 Å². The van der Waals surface area contributed by atoms with Crippen molar-refractivity contribution in [3.05, 3.63) is 46.5 Å². The summed E-state index contributed by atoms with van der Waals surface area (Å²) in [5.41, 5.74) is 8.18. The second-order valence-electron chi connectivity index (χ2n) is 4.91. The van der Waals surface area contributed by atoms with Crippen LogP contribution in [0.5, 0.6) is 0 Å². The molecule has 1 aromatic rings. The molecule has 0 saturated carbocycles. The van der Waals surface area contributed by atoms with Crippen molar-refractivity contribution in [3.8, 4) is 6.07 Å². The fourth-order valence-electron chi connectivity index (χ4n) is 1.65. The molecule has 1 aromatic carbocycles. The van der Waals surface area contributed by atoms with Gasteiger partial charge in [0.1, 0.15) is 0 Å². The highest BCUT2D eigenvalue weighted by atomic mass is 32.2. The lowest BCUT2D eigenvalue weighted by Crippen LogP contribution is -2.29. The lowest BCUT2D eigenvalue weighted by molar-refractivity contribution is 0.527. The van der Waals surface area contributed by atoms with E-state index in [2.05, 4.69) is 11.3 Å². The van der Waals surface area contributed by atoms with E-state index in [0.717, 1.165) is 9.21 Å². The molecule has 0 atom stereocenters. The van der Waals surface area contributed by atoms with Crippen molar-refractivity contribution in [3.63, 3.8) is 0 Å². The maximum absolute atomic E-state index is 12.1. The van der Waals surface area contributed by atoms with Crippen molar-refractivity contribution in [1.29, 1.82) is 5.26 Å². The fourth-order valence-corrected chi connectivity index (χ4v) is 2.63. The smallest absolute Gasteiger partial charge is 0.301 e. The largest absolute Gasteiger partial charge is 0.398 e. The SMILES string of the molecule is C=C(/C(N)=C(\C)SC)c1cc(C#N)ccc1NS(=O)(=O)N(C)C.CC. The van der Waals surface area contributed by atoms with E-state index in [9.17, 15) is 8.42 Å². The molecule has 138 valence electrons. The first kappa shape index (κ1) is 23.1. The van der Waals surface area contributed by atoms with Crippen LogP contribution in [0, 0.1) is 11.3 Å². The van der Waals surface area contributed by atoms with Crippen LogP contribution >= 0.6 is 11.8 Å². The summed E-state index contributed by atoms with van der Waals surface area (Å²) in [5, 5.41) is 9.08. The Labute approximate surface area is 155 Å². The molecule has 3 N–H and O–H groups in total. The van der Waals surface area contributed by atoms with Gasteiger partial charge in [-0.15, -0.1) is 11.8 Å². The predicted molar refractivity (Wildman–Crippen MR) is 108 cm³/mol. The molecule has 25 heavy (non-hydrogen) atoms. The molecule has 0 aromatic heterocycles. The molecular formula is C17H26N4O2S2. The number of nitrogens with zero attached hydrogens (tertiary/aromatic N) is 2. The van der Waals surface area contributed by atoms with Crippen LogP contribution in [0.15, 0.2) is 35.4 Å². The molecule has 1 rings (SSSR count). The van der Waals surface area contributed by atoms with E-state index in [0.29, 0.717) is 28.1 Å². The van der Waals surface area contributed by atoms with Gasteiger partial charge in [0, 0.05) is 35.8 Å². The van der Waals surface area contributed by atoms with E-state index in [4.69, 9.17) is 11.0 Å². The number of nitrogens with one attached hydrogen (secondary N) is 1. The lowest BCUT2D eigenvalue weighted by atomic mass is 10.0. The van der Waals surface area contributed by atoms with Gasteiger partial charge in [0.25, 0.3) is 0 Å². The zero-order valence-electron chi connectivity index (χ0n) is 15.5. The molecule has 0 unspecified atom stereocenters. The first-order chi connectivity index (χ1) is 11.6. The maximum atomic E-state index is 12.1. The Kier molecular flexibility index (Phi) is 9.34. The number of allylic oxidation sites excluding steroid dienone is 2. The summed E-state index contributed by atoms with van der Waals surface area (Å²) in [6.45, 7) is 9.80. The zero-order valence-corrected chi connectivity index (χ0v) is 17.2. The number of hydrogen-bond donors (Lipinski definition) is 2. The Balaban J connectivity index is 0.00000277. The summed E-state index contributed by atoms with van der Waals surface area (Å²) >= 11 is 1.47. The predicted octanol–water partition coefficient (Wildman–Crippen LogP) is 3.37. The van der Waals surface area contributed by atoms with Crippen molar-refractivity contribution in [2.45, 2.75) is 20.8 Å². The van der Waals surface area contributed by atoms with Crippen LogP contribution in [-0.4, -0.2) is 33.1 Å². The average molecular weight is 383 g/mol. The van der Waals surface area contributed by atoms with Crippen LogP contribution < -0.4 is 10.5 Å². The number of benzene rings is 1. The molecule has 0 aliphatic heterocycles. The third-order valence-electron chi connectivity index (χ3n) is 3.20. The Bertz CT molecular complexity index is 791. The van der Waals surface area contributed by atoms with Crippen LogP contribution in [0.4, 0.5) is 5.69 Å². The topological polar surface area (TPSA) is 99.2 Å². The van der Waals surface area contributed by atoms with Crippen LogP contribution in [0.2, 0.25) is 0 Å². The summed E-state index contributed by atoms with van der Waals surface area (Å²) in [5.74, 6) is 0. The number of thioether (sulfide) groups is 1. The number of nitriles is 1. The van der Waals surface area contributed by atoms with Crippen LogP contribution in [-0.2, 0) is 10.2 Å². The van der Waals surface area contributed by atoms with Gasteiger partial charge in [0.05, 0.1) is 17.3 Å². The summed E-state index contributed by atoms with van der Waals surface area (Å²) in [6.07, 6.45) is 1.89.